The molecular weight excluding hydrogens is 438 g/mol. The molecule has 0 radical (unpaired) electrons. The predicted molar refractivity (Wildman–Crippen MR) is 115 cm³/mol. The maximum absolute atomic E-state index is 14.0. The number of sulfonamides is 1. The van der Waals surface area contributed by atoms with Crippen LogP contribution in [-0.2, 0) is 10.0 Å². The minimum absolute atomic E-state index is 0.00149. The lowest BCUT2D eigenvalue weighted by Gasteiger charge is -2.34. The molecule has 1 aromatic heterocycles. The molecule has 4 rings (SSSR count). The summed E-state index contributed by atoms with van der Waals surface area (Å²) in [5, 5.41) is 12.3. The molecule has 11 heteroatoms. The van der Waals surface area contributed by atoms with Crippen molar-refractivity contribution in [1.29, 1.82) is 5.26 Å². The molecule has 3 aromatic rings. The molecule has 2 aromatic carbocycles. The zero-order valence-electron chi connectivity index (χ0n) is 16.6. The third-order valence-corrected chi connectivity index (χ3v) is 6.67. The Bertz CT molecular complexity index is 1400. The lowest BCUT2D eigenvalue weighted by molar-refractivity contribution is 0.586. The van der Waals surface area contributed by atoms with Crippen LogP contribution in [0.3, 0.4) is 0 Å². The fraction of sp³-hybridized carbons (Fsp3) is 0.0952. The van der Waals surface area contributed by atoms with E-state index in [0.29, 0.717) is 0 Å². The van der Waals surface area contributed by atoms with E-state index in [1.54, 1.807) is 13.0 Å². The van der Waals surface area contributed by atoms with Gasteiger partial charge in [0.2, 0.25) is 0 Å². The van der Waals surface area contributed by atoms with Crippen LogP contribution in [0.15, 0.2) is 59.4 Å². The molecule has 0 amide bonds. The molecule has 162 valence electrons. The van der Waals surface area contributed by atoms with E-state index in [4.69, 9.17) is 5.73 Å². The molecule has 1 aliphatic heterocycles. The van der Waals surface area contributed by atoms with E-state index in [-0.39, 0.29) is 39.0 Å². The molecule has 2 heterocycles. The van der Waals surface area contributed by atoms with Crippen LogP contribution in [0.1, 0.15) is 18.1 Å². The quantitative estimate of drug-likeness (QED) is 0.620. The van der Waals surface area contributed by atoms with Gasteiger partial charge in [-0.05, 0) is 48.9 Å². The zero-order chi connectivity index (χ0) is 23.0. The SMILES string of the molecule is C[C@H](Nc1ncnc(N)c1C#N)C1=Cc2ccc(F)cc2S(=O)(=O)N1c1cccc(F)c1. The minimum Gasteiger partial charge on any atom is -0.382 e. The molecule has 0 bridgehead atoms. The van der Waals surface area contributed by atoms with Crippen molar-refractivity contribution >= 4 is 33.4 Å². The third kappa shape index (κ3) is 3.61. The third-order valence-electron chi connectivity index (χ3n) is 4.86. The van der Waals surface area contributed by atoms with Crippen LogP contribution < -0.4 is 15.4 Å². The van der Waals surface area contributed by atoms with Crippen LogP contribution in [0.25, 0.3) is 6.08 Å². The van der Waals surface area contributed by atoms with Gasteiger partial charge in [0.25, 0.3) is 10.0 Å². The summed E-state index contributed by atoms with van der Waals surface area (Å²) in [5.74, 6) is -1.29. The normalized spacial score (nSPS) is 15.3. The van der Waals surface area contributed by atoms with Crippen molar-refractivity contribution < 1.29 is 17.2 Å². The van der Waals surface area contributed by atoms with Crippen LogP contribution >= 0.6 is 0 Å². The molecule has 0 saturated heterocycles. The van der Waals surface area contributed by atoms with Crippen molar-refractivity contribution in [2.45, 2.75) is 17.9 Å². The second-order valence-corrected chi connectivity index (χ2v) is 8.72. The molecule has 0 unspecified atom stereocenters. The lowest BCUT2D eigenvalue weighted by atomic mass is 10.1. The first-order chi connectivity index (χ1) is 15.2. The van der Waals surface area contributed by atoms with Gasteiger partial charge in [-0.25, -0.2) is 31.5 Å². The number of benzene rings is 2. The molecule has 1 aliphatic rings. The molecule has 1 atom stereocenters. The average Bonchev–Trinajstić information content (AvgIpc) is 2.74. The number of fused-ring (bicyclic) bond motifs is 1. The second kappa shape index (κ2) is 7.90. The van der Waals surface area contributed by atoms with Gasteiger partial charge in [-0.15, -0.1) is 0 Å². The fourth-order valence-electron chi connectivity index (χ4n) is 3.39. The topological polar surface area (TPSA) is 125 Å². The Balaban J connectivity index is 1.88. The number of halogens is 2. The number of hydrogen-bond donors (Lipinski definition) is 2. The first kappa shape index (κ1) is 21.2. The summed E-state index contributed by atoms with van der Waals surface area (Å²) in [6, 6.07) is 9.62. The van der Waals surface area contributed by atoms with E-state index in [9.17, 15) is 22.5 Å². The van der Waals surface area contributed by atoms with E-state index >= 15 is 0 Å². The van der Waals surface area contributed by atoms with Crippen LogP contribution in [0.5, 0.6) is 0 Å². The van der Waals surface area contributed by atoms with E-state index in [1.165, 1.54) is 30.6 Å². The van der Waals surface area contributed by atoms with Crippen molar-refractivity contribution in [1.82, 2.24) is 9.97 Å². The van der Waals surface area contributed by atoms with Gasteiger partial charge >= 0.3 is 0 Å². The largest absolute Gasteiger partial charge is 0.382 e. The molecule has 0 aliphatic carbocycles. The summed E-state index contributed by atoms with van der Waals surface area (Å²) >= 11 is 0. The Hall–Kier alpha value is -4.04. The van der Waals surface area contributed by atoms with Gasteiger partial charge in [0, 0.05) is 0 Å². The molecule has 8 nitrogen and oxygen atoms in total. The summed E-state index contributed by atoms with van der Waals surface area (Å²) in [4.78, 5) is 7.54. The van der Waals surface area contributed by atoms with Crippen molar-refractivity contribution in [3.05, 3.63) is 77.3 Å². The van der Waals surface area contributed by atoms with Crippen molar-refractivity contribution in [3.63, 3.8) is 0 Å². The van der Waals surface area contributed by atoms with Gasteiger partial charge in [-0.2, -0.15) is 5.26 Å². The first-order valence-electron chi connectivity index (χ1n) is 9.31. The van der Waals surface area contributed by atoms with Gasteiger partial charge < -0.3 is 11.1 Å². The number of rotatable bonds is 4. The number of nitrogens with two attached hydrogens (primary N) is 1. The van der Waals surface area contributed by atoms with Crippen molar-refractivity contribution in [2.24, 2.45) is 0 Å². The smallest absolute Gasteiger partial charge is 0.269 e. The number of aromatic nitrogens is 2. The minimum atomic E-state index is -4.29. The Labute approximate surface area is 182 Å². The number of anilines is 3. The van der Waals surface area contributed by atoms with E-state index < -0.39 is 27.7 Å². The number of nitriles is 1. The Kier molecular flexibility index (Phi) is 5.23. The Morgan fingerprint density at radius 2 is 1.91 bits per heavy atom. The Morgan fingerprint density at radius 1 is 1.16 bits per heavy atom. The van der Waals surface area contributed by atoms with Gasteiger partial charge in [0.05, 0.1) is 22.3 Å². The summed E-state index contributed by atoms with van der Waals surface area (Å²) in [6.45, 7) is 1.64. The van der Waals surface area contributed by atoms with Crippen LogP contribution in [0, 0.1) is 23.0 Å². The van der Waals surface area contributed by atoms with Gasteiger partial charge in [0.1, 0.15) is 41.2 Å². The summed E-state index contributed by atoms with van der Waals surface area (Å²) < 4.78 is 55.7. The highest BCUT2D eigenvalue weighted by atomic mass is 32.2. The van der Waals surface area contributed by atoms with Crippen LogP contribution in [-0.4, -0.2) is 24.4 Å². The number of nitrogens with zero attached hydrogens (tertiary/aromatic N) is 4. The van der Waals surface area contributed by atoms with Crippen molar-refractivity contribution in [2.75, 3.05) is 15.4 Å². The zero-order valence-corrected chi connectivity index (χ0v) is 17.4. The second-order valence-electron chi connectivity index (χ2n) is 6.96. The molecule has 0 fully saturated rings. The maximum Gasteiger partial charge on any atom is 0.269 e. The molecule has 0 saturated carbocycles. The van der Waals surface area contributed by atoms with Gasteiger partial charge in [0.15, 0.2) is 0 Å². The van der Waals surface area contributed by atoms with Crippen molar-refractivity contribution in [3.8, 4) is 6.07 Å². The predicted octanol–water partition coefficient (Wildman–Crippen LogP) is 3.26. The standard InChI is InChI=1S/C21H16F2N6O2S/c1-12(28-21-17(10-24)20(25)26-11-27-21)18-7-13-5-6-15(23)9-19(13)32(30,31)29(18)16-4-2-3-14(22)8-16/h2-9,11-12H,1H3,(H3,25,26,27,28)/t12-/m0/s1. The van der Waals surface area contributed by atoms with E-state index in [1.807, 2.05) is 6.07 Å². The monoisotopic (exact) mass is 454 g/mol. The molecule has 3 N–H and O–H groups in total. The average molecular weight is 454 g/mol. The number of nitrogens with one attached hydrogen (secondary N) is 1. The highest BCUT2D eigenvalue weighted by molar-refractivity contribution is 7.93. The molecule has 0 spiro atoms. The summed E-state index contributed by atoms with van der Waals surface area (Å²) in [7, 11) is -4.29. The highest BCUT2D eigenvalue weighted by Gasteiger charge is 2.36. The lowest BCUT2D eigenvalue weighted by Crippen LogP contribution is -2.40. The maximum atomic E-state index is 14.0. The number of hydrogen-bond acceptors (Lipinski definition) is 7. The van der Waals surface area contributed by atoms with Crippen LogP contribution in [0.4, 0.5) is 26.1 Å². The molecular formula is C21H16F2N6O2S. The molecule has 32 heavy (non-hydrogen) atoms. The number of nitrogen functional groups attached to an aromatic ring is 1. The van der Waals surface area contributed by atoms with Crippen LogP contribution in [0.2, 0.25) is 0 Å². The first-order valence-corrected chi connectivity index (χ1v) is 10.8. The Morgan fingerprint density at radius 3 is 2.62 bits per heavy atom. The summed E-state index contributed by atoms with van der Waals surface area (Å²) in [6.07, 6.45) is 2.72. The van der Waals surface area contributed by atoms with E-state index in [0.717, 1.165) is 22.5 Å². The fourth-order valence-corrected chi connectivity index (χ4v) is 5.16. The van der Waals surface area contributed by atoms with Gasteiger partial charge in [-0.1, -0.05) is 12.1 Å². The van der Waals surface area contributed by atoms with E-state index in [2.05, 4.69) is 15.3 Å². The van der Waals surface area contributed by atoms with Gasteiger partial charge in [-0.3, -0.25) is 0 Å². The highest BCUT2D eigenvalue weighted by Crippen LogP contribution is 2.38. The summed E-state index contributed by atoms with van der Waals surface area (Å²) in [5.41, 5.74) is 6.23.